The van der Waals surface area contributed by atoms with E-state index >= 15 is 0 Å². The van der Waals surface area contributed by atoms with Crippen molar-refractivity contribution in [1.82, 2.24) is 15.2 Å². The van der Waals surface area contributed by atoms with Crippen molar-refractivity contribution in [3.8, 4) is 0 Å². The average molecular weight is 359 g/mol. The molecule has 126 valence electrons. The molecule has 8 heteroatoms. The van der Waals surface area contributed by atoms with Crippen molar-refractivity contribution < 1.29 is 9.59 Å². The molecule has 6 nitrogen and oxygen atoms in total. The summed E-state index contributed by atoms with van der Waals surface area (Å²) in [7, 11) is 0. The molecule has 0 spiro atoms. The first-order valence-corrected chi connectivity index (χ1v) is 8.16. The Balaban J connectivity index is 1.78. The van der Waals surface area contributed by atoms with Gasteiger partial charge < -0.3 is 15.5 Å². The number of nitrogens with zero attached hydrogens (tertiary/aromatic N) is 2. The van der Waals surface area contributed by atoms with Crippen molar-refractivity contribution in [3.05, 3.63) is 22.3 Å². The summed E-state index contributed by atoms with van der Waals surface area (Å²) in [6.07, 6.45) is 2.18. The van der Waals surface area contributed by atoms with E-state index in [1.54, 1.807) is 11.0 Å². The van der Waals surface area contributed by atoms with Crippen LogP contribution in [0, 0.1) is 5.41 Å². The minimum Gasteiger partial charge on any atom is -0.367 e. The quantitative estimate of drug-likeness (QED) is 0.791. The van der Waals surface area contributed by atoms with E-state index in [4.69, 9.17) is 23.2 Å². The maximum atomic E-state index is 12.3. The Labute approximate surface area is 145 Å². The zero-order chi connectivity index (χ0) is 17.0. The molecule has 1 aliphatic rings. The van der Waals surface area contributed by atoms with Crippen LogP contribution < -0.4 is 10.6 Å². The van der Waals surface area contributed by atoms with Gasteiger partial charge in [-0.3, -0.25) is 9.59 Å². The molecular formula is C15H20Cl2N4O2. The Morgan fingerprint density at radius 3 is 2.74 bits per heavy atom. The van der Waals surface area contributed by atoms with Gasteiger partial charge in [0, 0.05) is 39.3 Å². The van der Waals surface area contributed by atoms with E-state index in [1.165, 1.54) is 13.1 Å². The van der Waals surface area contributed by atoms with E-state index in [0.717, 1.165) is 0 Å². The molecule has 1 saturated heterocycles. The number of halogens is 2. The maximum Gasteiger partial charge on any atom is 0.227 e. The fourth-order valence-corrected chi connectivity index (χ4v) is 2.98. The van der Waals surface area contributed by atoms with Gasteiger partial charge in [0.05, 0.1) is 15.5 Å². The SMILES string of the molecule is CC(=O)N1CCC(C)(C(=O)NCCNc2ncc(Cl)cc2Cl)C1. The van der Waals surface area contributed by atoms with Gasteiger partial charge in [-0.1, -0.05) is 23.2 Å². The molecule has 0 saturated carbocycles. The second kappa shape index (κ2) is 7.36. The Kier molecular flexibility index (Phi) is 5.70. The number of nitrogens with one attached hydrogen (secondary N) is 2. The average Bonchev–Trinajstić information content (AvgIpc) is 2.89. The zero-order valence-corrected chi connectivity index (χ0v) is 14.7. The highest BCUT2D eigenvalue weighted by molar-refractivity contribution is 6.35. The van der Waals surface area contributed by atoms with Gasteiger partial charge in [0.15, 0.2) is 0 Å². The number of pyridine rings is 1. The van der Waals surface area contributed by atoms with Crippen molar-refractivity contribution >= 4 is 40.8 Å². The summed E-state index contributed by atoms with van der Waals surface area (Å²) in [5, 5.41) is 6.84. The van der Waals surface area contributed by atoms with Crippen molar-refractivity contribution in [2.24, 2.45) is 5.41 Å². The predicted molar refractivity (Wildman–Crippen MR) is 90.7 cm³/mol. The van der Waals surface area contributed by atoms with Crippen LogP contribution in [0.5, 0.6) is 0 Å². The number of rotatable bonds is 5. The van der Waals surface area contributed by atoms with E-state index in [9.17, 15) is 9.59 Å². The molecule has 23 heavy (non-hydrogen) atoms. The molecular weight excluding hydrogens is 339 g/mol. The lowest BCUT2D eigenvalue weighted by molar-refractivity contribution is -0.131. The molecule has 1 aromatic rings. The summed E-state index contributed by atoms with van der Waals surface area (Å²) in [5.74, 6) is 0.491. The highest BCUT2D eigenvalue weighted by atomic mass is 35.5. The van der Waals surface area contributed by atoms with Crippen LogP contribution in [0.1, 0.15) is 20.3 Å². The van der Waals surface area contributed by atoms with Gasteiger partial charge in [-0.25, -0.2) is 4.98 Å². The topological polar surface area (TPSA) is 74.3 Å². The Hall–Kier alpha value is -1.53. The van der Waals surface area contributed by atoms with Crippen LogP contribution in [-0.2, 0) is 9.59 Å². The Morgan fingerprint density at radius 2 is 2.13 bits per heavy atom. The van der Waals surface area contributed by atoms with Gasteiger partial charge in [0.25, 0.3) is 0 Å². The summed E-state index contributed by atoms with van der Waals surface area (Å²) in [4.78, 5) is 29.5. The zero-order valence-electron chi connectivity index (χ0n) is 13.2. The largest absolute Gasteiger partial charge is 0.367 e. The second-order valence-electron chi connectivity index (χ2n) is 5.92. The monoisotopic (exact) mass is 358 g/mol. The predicted octanol–water partition coefficient (Wildman–Crippen LogP) is 2.17. The molecule has 2 rings (SSSR count). The molecule has 2 N–H and O–H groups in total. The number of amides is 2. The third-order valence-electron chi connectivity index (χ3n) is 3.98. The first kappa shape index (κ1) is 17.8. The fourth-order valence-electron chi connectivity index (χ4n) is 2.53. The number of carbonyl (C=O) groups excluding carboxylic acids is 2. The molecule has 2 heterocycles. The first-order chi connectivity index (χ1) is 10.8. The van der Waals surface area contributed by atoms with Gasteiger partial charge in [-0.2, -0.15) is 0 Å². The lowest BCUT2D eigenvalue weighted by Crippen LogP contribution is -2.43. The van der Waals surface area contributed by atoms with Crippen molar-refractivity contribution in [1.29, 1.82) is 0 Å². The van der Waals surface area contributed by atoms with Gasteiger partial charge in [0.2, 0.25) is 11.8 Å². The fraction of sp³-hybridized carbons (Fsp3) is 0.533. The lowest BCUT2D eigenvalue weighted by atomic mass is 9.89. The van der Waals surface area contributed by atoms with E-state index in [-0.39, 0.29) is 11.8 Å². The van der Waals surface area contributed by atoms with Gasteiger partial charge in [-0.15, -0.1) is 0 Å². The van der Waals surface area contributed by atoms with Crippen molar-refractivity contribution in [2.45, 2.75) is 20.3 Å². The number of hydrogen-bond donors (Lipinski definition) is 2. The van der Waals surface area contributed by atoms with Crippen LogP contribution >= 0.6 is 23.2 Å². The number of hydrogen-bond acceptors (Lipinski definition) is 4. The maximum absolute atomic E-state index is 12.3. The molecule has 0 bridgehead atoms. The molecule has 0 radical (unpaired) electrons. The minimum absolute atomic E-state index is 0.00615. The molecule has 2 amide bonds. The summed E-state index contributed by atoms with van der Waals surface area (Å²) in [6.45, 7) is 5.43. The van der Waals surface area contributed by atoms with Crippen LogP contribution in [0.15, 0.2) is 12.3 Å². The van der Waals surface area contributed by atoms with E-state index in [1.807, 2.05) is 6.92 Å². The van der Waals surface area contributed by atoms with Crippen LogP contribution in [0.2, 0.25) is 10.0 Å². The third-order valence-corrected chi connectivity index (χ3v) is 4.47. The van der Waals surface area contributed by atoms with E-state index < -0.39 is 5.41 Å². The van der Waals surface area contributed by atoms with Crippen molar-refractivity contribution in [2.75, 3.05) is 31.5 Å². The van der Waals surface area contributed by atoms with Crippen LogP contribution in [0.4, 0.5) is 5.82 Å². The highest BCUT2D eigenvalue weighted by Gasteiger charge is 2.40. The summed E-state index contributed by atoms with van der Waals surface area (Å²) < 4.78 is 0. The molecule has 1 atom stereocenters. The summed E-state index contributed by atoms with van der Waals surface area (Å²) in [6, 6.07) is 1.60. The lowest BCUT2D eigenvalue weighted by Gasteiger charge is -2.23. The van der Waals surface area contributed by atoms with Crippen molar-refractivity contribution in [3.63, 3.8) is 0 Å². The number of aromatic nitrogens is 1. The molecule has 1 aromatic heterocycles. The molecule has 0 aliphatic carbocycles. The van der Waals surface area contributed by atoms with Crippen LogP contribution in [0.3, 0.4) is 0 Å². The molecule has 1 fully saturated rings. The van der Waals surface area contributed by atoms with Crippen LogP contribution in [-0.4, -0.2) is 47.9 Å². The number of anilines is 1. The van der Waals surface area contributed by atoms with E-state index in [2.05, 4.69) is 15.6 Å². The van der Waals surface area contributed by atoms with Gasteiger partial charge in [0.1, 0.15) is 5.82 Å². The number of likely N-dealkylation sites (tertiary alicyclic amines) is 1. The normalized spacial score (nSPS) is 20.4. The number of carbonyl (C=O) groups is 2. The van der Waals surface area contributed by atoms with E-state index in [0.29, 0.717) is 48.5 Å². The molecule has 0 aromatic carbocycles. The third kappa shape index (κ3) is 4.48. The molecule has 1 unspecified atom stereocenters. The standard InChI is InChI=1S/C15H20Cl2N4O2/c1-10(22)21-6-3-15(2,9-21)14(23)19-5-4-18-13-12(17)7-11(16)8-20-13/h7-8H,3-6,9H2,1-2H3,(H,18,20)(H,19,23). The Bertz CT molecular complexity index is 611. The van der Waals surface area contributed by atoms with Gasteiger partial charge >= 0.3 is 0 Å². The van der Waals surface area contributed by atoms with Crippen LogP contribution in [0.25, 0.3) is 0 Å². The second-order valence-corrected chi connectivity index (χ2v) is 6.76. The smallest absolute Gasteiger partial charge is 0.227 e. The molecule has 1 aliphatic heterocycles. The summed E-state index contributed by atoms with van der Waals surface area (Å²) >= 11 is 11.8. The summed E-state index contributed by atoms with van der Waals surface area (Å²) in [5.41, 5.74) is -0.526. The first-order valence-electron chi connectivity index (χ1n) is 7.40. The Morgan fingerprint density at radius 1 is 1.39 bits per heavy atom. The highest BCUT2D eigenvalue weighted by Crippen LogP contribution is 2.30. The minimum atomic E-state index is -0.526. The van der Waals surface area contributed by atoms with Gasteiger partial charge in [-0.05, 0) is 19.4 Å².